The van der Waals surface area contributed by atoms with Gasteiger partial charge in [-0.15, -0.1) is 10.2 Å². The number of aromatic nitrogens is 3. The van der Waals surface area contributed by atoms with Crippen LogP contribution in [0.2, 0.25) is 0 Å². The van der Waals surface area contributed by atoms with E-state index in [2.05, 4.69) is 15.5 Å². The van der Waals surface area contributed by atoms with Crippen LogP contribution in [-0.4, -0.2) is 27.4 Å². The summed E-state index contributed by atoms with van der Waals surface area (Å²) < 4.78 is 1.84. The Morgan fingerprint density at radius 3 is 3.06 bits per heavy atom. The second-order valence-corrected chi connectivity index (χ2v) is 4.32. The topological polar surface area (TPSA) is 59.3 Å². The Morgan fingerprint density at radius 2 is 2.29 bits per heavy atom. The summed E-state index contributed by atoms with van der Waals surface area (Å²) in [6.45, 7) is 1.00. The van der Waals surface area contributed by atoms with E-state index in [0.29, 0.717) is 5.69 Å². The average molecular weight is 230 g/mol. The van der Waals surface area contributed by atoms with E-state index >= 15 is 0 Å². The fourth-order valence-corrected chi connectivity index (χ4v) is 2.38. The van der Waals surface area contributed by atoms with Gasteiger partial charge in [-0.2, -0.15) is 0 Å². The molecule has 3 heterocycles. The molecule has 1 N–H and O–H groups in total. The summed E-state index contributed by atoms with van der Waals surface area (Å²) in [6, 6.07) is 5.69. The van der Waals surface area contributed by atoms with E-state index in [9.17, 15) is 4.79 Å². The van der Waals surface area contributed by atoms with Crippen LogP contribution in [0.25, 0.3) is 5.65 Å². The molecule has 3 rings (SSSR count). The van der Waals surface area contributed by atoms with Crippen LogP contribution in [-0.2, 0) is 0 Å². The van der Waals surface area contributed by atoms with Gasteiger partial charge in [-0.3, -0.25) is 9.20 Å². The highest BCUT2D eigenvalue weighted by molar-refractivity contribution is 5.74. The van der Waals surface area contributed by atoms with Crippen molar-refractivity contribution in [2.75, 3.05) is 6.54 Å². The van der Waals surface area contributed by atoms with Crippen molar-refractivity contribution in [2.24, 2.45) is 0 Å². The van der Waals surface area contributed by atoms with Crippen molar-refractivity contribution in [3.63, 3.8) is 0 Å². The summed E-state index contributed by atoms with van der Waals surface area (Å²) in [4.78, 5) is 11.1. The minimum atomic E-state index is 0.208. The maximum absolute atomic E-state index is 11.1. The standard InChI is InChI=1S/C12H14N4O/c17-8-9-4-3-6-11-14-15-12(16(9)11)10-5-1-2-7-13-10/h3-4,6,8,10,13H,1-2,5,7H2. The van der Waals surface area contributed by atoms with Crippen LogP contribution < -0.4 is 5.32 Å². The molecule has 0 aromatic carbocycles. The van der Waals surface area contributed by atoms with E-state index in [0.717, 1.165) is 30.7 Å². The quantitative estimate of drug-likeness (QED) is 0.791. The number of hydrogen-bond acceptors (Lipinski definition) is 4. The molecule has 88 valence electrons. The number of nitrogens with one attached hydrogen (secondary N) is 1. The lowest BCUT2D eigenvalue weighted by atomic mass is 10.0. The average Bonchev–Trinajstić information content (AvgIpc) is 2.83. The van der Waals surface area contributed by atoms with Gasteiger partial charge in [0.1, 0.15) is 0 Å². The number of pyridine rings is 1. The molecule has 17 heavy (non-hydrogen) atoms. The highest BCUT2D eigenvalue weighted by atomic mass is 16.1. The first-order valence-electron chi connectivity index (χ1n) is 5.93. The fraction of sp³-hybridized carbons (Fsp3) is 0.417. The molecular formula is C12H14N4O. The van der Waals surface area contributed by atoms with Crippen molar-refractivity contribution in [1.82, 2.24) is 19.9 Å². The highest BCUT2D eigenvalue weighted by Crippen LogP contribution is 2.22. The van der Waals surface area contributed by atoms with Crippen molar-refractivity contribution in [3.8, 4) is 0 Å². The number of carbonyl (C=O) groups excluding carboxylic acids is 1. The van der Waals surface area contributed by atoms with Gasteiger partial charge in [0.15, 0.2) is 17.8 Å². The molecule has 0 amide bonds. The molecule has 0 saturated carbocycles. The SMILES string of the molecule is O=Cc1cccc2nnc(C3CCCCN3)n12. The molecule has 5 heteroatoms. The van der Waals surface area contributed by atoms with Gasteiger partial charge in [0.05, 0.1) is 11.7 Å². The second-order valence-electron chi connectivity index (χ2n) is 4.32. The van der Waals surface area contributed by atoms with Crippen LogP contribution >= 0.6 is 0 Å². The molecule has 0 radical (unpaired) electrons. The van der Waals surface area contributed by atoms with Crippen molar-refractivity contribution in [3.05, 3.63) is 29.7 Å². The Balaban J connectivity index is 2.12. The summed E-state index contributed by atoms with van der Waals surface area (Å²) in [7, 11) is 0. The van der Waals surface area contributed by atoms with Gasteiger partial charge >= 0.3 is 0 Å². The normalized spacial score (nSPS) is 20.6. The van der Waals surface area contributed by atoms with Crippen molar-refractivity contribution in [1.29, 1.82) is 0 Å². The lowest BCUT2D eigenvalue weighted by Gasteiger charge is -2.22. The Bertz CT molecular complexity index is 542. The van der Waals surface area contributed by atoms with Gasteiger partial charge in [-0.25, -0.2) is 0 Å². The molecular weight excluding hydrogens is 216 g/mol. The van der Waals surface area contributed by atoms with Crippen LogP contribution in [0, 0.1) is 0 Å². The van der Waals surface area contributed by atoms with Crippen molar-refractivity contribution in [2.45, 2.75) is 25.3 Å². The minimum Gasteiger partial charge on any atom is -0.307 e. The Morgan fingerprint density at radius 1 is 1.35 bits per heavy atom. The van der Waals surface area contributed by atoms with Gasteiger partial charge in [0.2, 0.25) is 0 Å². The summed E-state index contributed by atoms with van der Waals surface area (Å²) >= 11 is 0. The second kappa shape index (κ2) is 4.25. The summed E-state index contributed by atoms with van der Waals surface area (Å²) in [5, 5.41) is 11.8. The van der Waals surface area contributed by atoms with Crippen LogP contribution in [0.1, 0.15) is 41.6 Å². The van der Waals surface area contributed by atoms with Gasteiger partial charge < -0.3 is 5.32 Å². The number of aldehydes is 1. The van der Waals surface area contributed by atoms with E-state index in [-0.39, 0.29) is 6.04 Å². The molecule has 1 aliphatic rings. The van der Waals surface area contributed by atoms with E-state index in [4.69, 9.17) is 0 Å². The summed E-state index contributed by atoms with van der Waals surface area (Å²) in [6.07, 6.45) is 4.29. The first-order valence-corrected chi connectivity index (χ1v) is 5.93. The van der Waals surface area contributed by atoms with E-state index in [1.54, 1.807) is 6.07 Å². The monoisotopic (exact) mass is 230 g/mol. The van der Waals surface area contributed by atoms with Gasteiger partial charge in [0.25, 0.3) is 0 Å². The maximum Gasteiger partial charge on any atom is 0.166 e. The largest absolute Gasteiger partial charge is 0.307 e. The molecule has 1 fully saturated rings. The van der Waals surface area contributed by atoms with Crippen LogP contribution in [0.5, 0.6) is 0 Å². The molecule has 1 saturated heterocycles. The number of piperidine rings is 1. The fourth-order valence-electron chi connectivity index (χ4n) is 2.38. The zero-order chi connectivity index (χ0) is 11.7. The van der Waals surface area contributed by atoms with Gasteiger partial charge in [-0.05, 0) is 31.5 Å². The Hall–Kier alpha value is -1.75. The third-order valence-electron chi connectivity index (χ3n) is 3.23. The molecule has 1 aliphatic heterocycles. The number of carbonyl (C=O) groups is 1. The minimum absolute atomic E-state index is 0.208. The predicted molar refractivity (Wildman–Crippen MR) is 63.0 cm³/mol. The Labute approximate surface area is 98.9 Å². The van der Waals surface area contributed by atoms with Crippen LogP contribution in [0.15, 0.2) is 18.2 Å². The van der Waals surface area contributed by atoms with Crippen LogP contribution in [0.3, 0.4) is 0 Å². The molecule has 2 aromatic heterocycles. The zero-order valence-corrected chi connectivity index (χ0v) is 9.47. The van der Waals surface area contributed by atoms with Crippen molar-refractivity contribution >= 4 is 11.9 Å². The highest BCUT2D eigenvalue weighted by Gasteiger charge is 2.21. The predicted octanol–water partition coefficient (Wildman–Crippen LogP) is 1.36. The molecule has 0 aliphatic carbocycles. The smallest absolute Gasteiger partial charge is 0.166 e. The molecule has 0 bridgehead atoms. The lowest BCUT2D eigenvalue weighted by molar-refractivity contribution is 0.111. The van der Waals surface area contributed by atoms with Gasteiger partial charge in [0, 0.05) is 0 Å². The number of fused-ring (bicyclic) bond motifs is 1. The van der Waals surface area contributed by atoms with Crippen LogP contribution in [0.4, 0.5) is 0 Å². The Kier molecular flexibility index (Phi) is 2.60. The van der Waals surface area contributed by atoms with Crippen molar-refractivity contribution < 1.29 is 4.79 Å². The first kappa shape index (κ1) is 10.4. The number of hydrogen-bond donors (Lipinski definition) is 1. The lowest BCUT2D eigenvalue weighted by Crippen LogP contribution is -2.28. The summed E-state index contributed by atoms with van der Waals surface area (Å²) in [5.74, 6) is 0.849. The molecule has 0 spiro atoms. The first-order chi connectivity index (χ1) is 8.40. The number of rotatable bonds is 2. The van der Waals surface area contributed by atoms with E-state index in [1.165, 1.54) is 12.8 Å². The number of nitrogens with zero attached hydrogens (tertiary/aromatic N) is 3. The zero-order valence-electron chi connectivity index (χ0n) is 9.47. The molecule has 1 atom stereocenters. The molecule has 1 unspecified atom stereocenters. The summed E-state index contributed by atoms with van der Waals surface area (Å²) in [5.41, 5.74) is 1.34. The third-order valence-corrected chi connectivity index (χ3v) is 3.23. The van der Waals surface area contributed by atoms with Gasteiger partial charge in [-0.1, -0.05) is 12.5 Å². The third kappa shape index (κ3) is 1.72. The maximum atomic E-state index is 11.1. The van der Waals surface area contributed by atoms with E-state index in [1.807, 2.05) is 16.5 Å². The molecule has 5 nitrogen and oxygen atoms in total. The molecule has 2 aromatic rings. The van der Waals surface area contributed by atoms with E-state index < -0.39 is 0 Å².